The molecule has 1 aliphatic rings. The number of furan rings is 1. The number of thioether (sulfide) groups is 2. The lowest BCUT2D eigenvalue weighted by Gasteiger charge is -2.21. The Bertz CT molecular complexity index is 326. The molecule has 0 spiro atoms. The summed E-state index contributed by atoms with van der Waals surface area (Å²) in [6, 6.07) is 3.80. The Kier molecular flexibility index (Phi) is 3.64. The van der Waals surface area contributed by atoms with E-state index in [9.17, 15) is 4.79 Å². The van der Waals surface area contributed by atoms with Crippen LogP contribution in [0.3, 0.4) is 0 Å². The minimum absolute atomic E-state index is 0.0830. The highest BCUT2D eigenvalue weighted by Gasteiger charge is 2.33. The molecule has 2 rings (SSSR count). The van der Waals surface area contributed by atoms with Gasteiger partial charge in [0, 0.05) is 12.3 Å². The van der Waals surface area contributed by atoms with Crippen molar-refractivity contribution in [3.8, 4) is 0 Å². The second-order valence-electron chi connectivity index (χ2n) is 3.26. The van der Waals surface area contributed by atoms with Gasteiger partial charge in [0.25, 0.3) is 0 Å². The van der Waals surface area contributed by atoms with E-state index < -0.39 is 0 Å². The van der Waals surface area contributed by atoms with Crippen LogP contribution < -0.4 is 0 Å². The van der Waals surface area contributed by atoms with E-state index >= 15 is 0 Å². The Hall–Kier alpha value is -0.550. The van der Waals surface area contributed by atoms with Gasteiger partial charge in [-0.25, -0.2) is 0 Å². The number of amides is 1. The van der Waals surface area contributed by atoms with Crippen molar-refractivity contribution in [3.63, 3.8) is 0 Å². The second-order valence-corrected chi connectivity index (χ2v) is 5.31. The van der Waals surface area contributed by atoms with Crippen LogP contribution in [0.4, 0.5) is 0 Å². The van der Waals surface area contributed by atoms with Crippen molar-refractivity contribution >= 4 is 29.4 Å². The first-order chi connectivity index (χ1) is 7.33. The van der Waals surface area contributed by atoms with Crippen LogP contribution in [0.15, 0.2) is 22.8 Å². The van der Waals surface area contributed by atoms with Gasteiger partial charge in [0.2, 0.25) is 5.91 Å². The fourth-order valence-corrected chi connectivity index (χ4v) is 3.10. The summed E-state index contributed by atoms with van der Waals surface area (Å²) in [5.74, 6) is 2.64. The van der Waals surface area contributed by atoms with Gasteiger partial charge in [-0.15, -0.1) is 11.8 Å². The first-order valence-electron chi connectivity index (χ1n) is 4.76. The van der Waals surface area contributed by atoms with Gasteiger partial charge in [-0.3, -0.25) is 4.79 Å². The van der Waals surface area contributed by atoms with E-state index in [-0.39, 0.29) is 11.3 Å². The van der Waals surface area contributed by atoms with E-state index in [0.29, 0.717) is 5.75 Å². The van der Waals surface area contributed by atoms with Gasteiger partial charge >= 0.3 is 0 Å². The van der Waals surface area contributed by atoms with Gasteiger partial charge in [0.1, 0.15) is 11.1 Å². The summed E-state index contributed by atoms with van der Waals surface area (Å²) in [6.07, 6.45) is 3.71. The maximum absolute atomic E-state index is 11.6. The third-order valence-electron chi connectivity index (χ3n) is 2.29. The summed E-state index contributed by atoms with van der Waals surface area (Å²) in [6.45, 7) is 0.804. The first kappa shape index (κ1) is 11.0. The average molecular weight is 243 g/mol. The van der Waals surface area contributed by atoms with Crippen LogP contribution in [-0.4, -0.2) is 35.1 Å². The predicted octanol–water partition coefficient (Wildman–Crippen LogP) is 2.22. The van der Waals surface area contributed by atoms with Crippen LogP contribution in [0.2, 0.25) is 0 Å². The van der Waals surface area contributed by atoms with Gasteiger partial charge in [-0.1, -0.05) is 0 Å². The summed E-state index contributed by atoms with van der Waals surface area (Å²) >= 11 is 3.40. The fraction of sp³-hybridized carbons (Fsp3) is 0.500. The van der Waals surface area contributed by atoms with E-state index in [4.69, 9.17) is 4.42 Å². The minimum atomic E-state index is 0.0830. The summed E-state index contributed by atoms with van der Waals surface area (Å²) < 4.78 is 5.35. The van der Waals surface area contributed by atoms with Crippen LogP contribution in [0.5, 0.6) is 0 Å². The molecule has 0 saturated carbocycles. The smallest absolute Gasteiger partial charge is 0.233 e. The van der Waals surface area contributed by atoms with Crippen LogP contribution in [0, 0.1) is 0 Å². The molecular weight excluding hydrogens is 230 g/mol. The lowest BCUT2D eigenvalue weighted by molar-refractivity contribution is -0.127. The van der Waals surface area contributed by atoms with Crippen molar-refractivity contribution in [2.75, 3.05) is 24.3 Å². The van der Waals surface area contributed by atoms with Gasteiger partial charge in [-0.2, -0.15) is 11.8 Å². The molecule has 0 bridgehead atoms. The lowest BCUT2D eigenvalue weighted by atomic mass is 10.4. The van der Waals surface area contributed by atoms with E-state index in [2.05, 4.69) is 6.26 Å². The molecule has 1 unspecified atom stereocenters. The standard InChI is InChI=1S/C10H13NO2S2/c1-14-6-4-11-9(12)7-15-10(11)8-3-2-5-13-8/h2-3,5,10H,4,6-7H2,1H3. The summed E-state index contributed by atoms with van der Waals surface area (Å²) in [7, 11) is 0. The predicted molar refractivity (Wildman–Crippen MR) is 64.0 cm³/mol. The normalized spacial score (nSPS) is 21.3. The lowest BCUT2D eigenvalue weighted by Crippen LogP contribution is -2.30. The average Bonchev–Trinajstić information content (AvgIpc) is 2.84. The molecule has 2 heterocycles. The van der Waals surface area contributed by atoms with E-state index in [1.807, 2.05) is 17.0 Å². The zero-order valence-electron chi connectivity index (χ0n) is 8.51. The molecule has 0 N–H and O–H groups in total. The zero-order chi connectivity index (χ0) is 10.7. The van der Waals surface area contributed by atoms with Crippen molar-refractivity contribution in [2.45, 2.75) is 5.37 Å². The number of hydrogen-bond acceptors (Lipinski definition) is 4. The molecule has 1 atom stereocenters. The molecule has 0 aromatic carbocycles. The number of carbonyl (C=O) groups is 1. The summed E-state index contributed by atoms with van der Waals surface area (Å²) in [4.78, 5) is 13.5. The van der Waals surface area contributed by atoms with Gasteiger partial charge in [-0.05, 0) is 18.4 Å². The first-order valence-corrected chi connectivity index (χ1v) is 7.20. The maximum Gasteiger partial charge on any atom is 0.233 e. The molecule has 1 amide bonds. The molecule has 1 aromatic heterocycles. The highest BCUT2D eigenvalue weighted by atomic mass is 32.2. The van der Waals surface area contributed by atoms with Crippen molar-refractivity contribution < 1.29 is 9.21 Å². The molecule has 0 aliphatic carbocycles. The third-order valence-corrected chi connectivity index (χ3v) is 4.10. The van der Waals surface area contributed by atoms with Gasteiger partial charge in [0.05, 0.1) is 12.0 Å². The summed E-state index contributed by atoms with van der Waals surface area (Å²) in [5.41, 5.74) is 0. The number of nitrogens with zero attached hydrogens (tertiary/aromatic N) is 1. The molecule has 3 nitrogen and oxygen atoms in total. The van der Waals surface area contributed by atoms with Gasteiger partial charge < -0.3 is 9.32 Å². The van der Waals surface area contributed by atoms with E-state index in [1.54, 1.807) is 29.8 Å². The Balaban J connectivity index is 2.07. The highest BCUT2D eigenvalue weighted by Crippen LogP contribution is 2.38. The second kappa shape index (κ2) is 4.99. The number of rotatable bonds is 4. The molecule has 1 fully saturated rings. The van der Waals surface area contributed by atoms with Gasteiger partial charge in [0.15, 0.2) is 0 Å². The molecule has 82 valence electrons. The Morgan fingerprint density at radius 1 is 1.73 bits per heavy atom. The Morgan fingerprint density at radius 2 is 2.60 bits per heavy atom. The Morgan fingerprint density at radius 3 is 3.27 bits per heavy atom. The topological polar surface area (TPSA) is 33.5 Å². The summed E-state index contributed by atoms with van der Waals surface area (Å²) in [5, 5.41) is 0.0830. The largest absolute Gasteiger partial charge is 0.466 e. The minimum Gasteiger partial charge on any atom is -0.466 e. The van der Waals surface area contributed by atoms with Crippen LogP contribution in [-0.2, 0) is 4.79 Å². The number of hydrogen-bond donors (Lipinski definition) is 0. The zero-order valence-corrected chi connectivity index (χ0v) is 10.1. The molecule has 1 saturated heterocycles. The molecular formula is C10H13NO2S2. The molecule has 5 heteroatoms. The highest BCUT2D eigenvalue weighted by molar-refractivity contribution is 8.00. The van der Waals surface area contributed by atoms with Crippen molar-refractivity contribution in [1.29, 1.82) is 0 Å². The molecule has 15 heavy (non-hydrogen) atoms. The van der Waals surface area contributed by atoms with Crippen molar-refractivity contribution in [1.82, 2.24) is 4.90 Å². The monoisotopic (exact) mass is 243 g/mol. The van der Waals surface area contributed by atoms with Crippen LogP contribution >= 0.6 is 23.5 Å². The van der Waals surface area contributed by atoms with Crippen LogP contribution in [0.1, 0.15) is 11.1 Å². The quantitative estimate of drug-likeness (QED) is 0.812. The number of carbonyl (C=O) groups excluding carboxylic acids is 1. The van der Waals surface area contributed by atoms with E-state index in [1.165, 1.54) is 0 Å². The molecule has 0 radical (unpaired) electrons. The van der Waals surface area contributed by atoms with Crippen molar-refractivity contribution in [2.24, 2.45) is 0 Å². The van der Waals surface area contributed by atoms with Crippen LogP contribution in [0.25, 0.3) is 0 Å². The SMILES string of the molecule is CSCCN1C(=O)CSC1c1ccco1. The Labute approximate surface area is 97.6 Å². The van der Waals surface area contributed by atoms with Crippen molar-refractivity contribution in [3.05, 3.63) is 24.2 Å². The fourth-order valence-electron chi connectivity index (χ4n) is 1.55. The van der Waals surface area contributed by atoms with E-state index in [0.717, 1.165) is 18.1 Å². The molecule has 1 aliphatic heterocycles. The maximum atomic E-state index is 11.6. The molecule has 1 aromatic rings. The third kappa shape index (κ3) is 2.34.